The lowest BCUT2D eigenvalue weighted by Crippen LogP contribution is -2.13. The number of aryl methyl sites for hydroxylation is 1. The summed E-state index contributed by atoms with van der Waals surface area (Å²) >= 11 is 11.6. The minimum absolute atomic E-state index is 0.0652. The second kappa shape index (κ2) is 6.43. The normalized spacial score (nSPS) is 10.6. The number of hydrogen-bond donors (Lipinski definition) is 3. The molecule has 2 rings (SSSR count). The summed E-state index contributed by atoms with van der Waals surface area (Å²) < 4.78 is 13.4. The Morgan fingerprint density at radius 2 is 1.76 bits per heavy atom. The smallest absolute Gasteiger partial charge is 0.160 e. The number of anilines is 3. The Bertz CT molecular complexity index is 655. The molecule has 0 saturated carbocycles. The number of halogens is 3. The van der Waals surface area contributed by atoms with Gasteiger partial charge in [-0.1, -0.05) is 30.1 Å². The molecule has 0 unspecified atom stereocenters. The van der Waals surface area contributed by atoms with Gasteiger partial charge in [-0.2, -0.15) is 0 Å². The Kier molecular flexibility index (Phi) is 4.82. The van der Waals surface area contributed by atoms with Crippen molar-refractivity contribution in [1.29, 1.82) is 0 Å². The average molecular weight is 330 g/mol. The molecule has 1 aromatic heterocycles. The highest BCUT2D eigenvalue weighted by molar-refractivity contribution is 6.35. The zero-order chi connectivity index (χ0) is 15.6. The fraction of sp³-hybridized carbons (Fsp3) is 0.231. The van der Waals surface area contributed by atoms with Crippen LogP contribution in [0.25, 0.3) is 0 Å². The van der Waals surface area contributed by atoms with Crippen molar-refractivity contribution in [2.45, 2.75) is 20.3 Å². The van der Waals surface area contributed by atoms with Crippen molar-refractivity contribution in [3.63, 3.8) is 0 Å². The second-order valence-electron chi connectivity index (χ2n) is 4.34. The largest absolute Gasteiger partial charge is 0.340 e. The van der Waals surface area contributed by atoms with Crippen molar-refractivity contribution in [3.8, 4) is 0 Å². The highest BCUT2D eigenvalue weighted by Gasteiger charge is 2.12. The van der Waals surface area contributed by atoms with Gasteiger partial charge in [0.1, 0.15) is 17.5 Å². The summed E-state index contributed by atoms with van der Waals surface area (Å²) in [6, 6.07) is 2.87. The quantitative estimate of drug-likeness (QED) is 0.451. The summed E-state index contributed by atoms with van der Waals surface area (Å²) in [6.45, 7) is 3.74. The molecule has 0 amide bonds. The predicted octanol–water partition coefficient (Wildman–Crippen LogP) is 3.82. The Balaban J connectivity index is 2.43. The zero-order valence-electron chi connectivity index (χ0n) is 11.5. The molecule has 1 aromatic carbocycles. The Hall–Kier alpha value is -1.63. The first-order valence-corrected chi connectivity index (χ1v) is 6.97. The van der Waals surface area contributed by atoms with Crippen LogP contribution in [-0.2, 0) is 6.42 Å². The van der Waals surface area contributed by atoms with Crippen LogP contribution in [0.2, 0.25) is 10.0 Å². The molecule has 0 fully saturated rings. The minimum atomic E-state index is -0.651. The van der Waals surface area contributed by atoms with Gasteiger partial charge in [0, 0.05) is 17.7 Å². The molecule has 4 N–H and O–H groups in total. The van der Waals surface area contributed by atoms with E-state index in [1.165, 1.54) is 12.1 Å². The monoisotopic (exact) mass is 329 g/mol. The number of hydrogen-bond acceptors (Lipinski definition) is 5. The molecule has 0 aliphatic carbocycles. The van der Waals surface area contributed by atoms with Crippen LogP contribution in [0.3, 0.4) is 0 Å². The van der Waals surface area contributed by atoms with E-state index in [4.69, 9.17) is 29.0 Å². The highest BCUT2D eigenvalue weighted by Crippen LogP contribution is 2.30. The van der Waals surface area contributed by atoms with Crippen molar-refractivity contribution in [1.82, 2.24) is 9.97 Å². The summed E-state index contributed by atoms with van der Waals surface area (Å²) in [7, 11) is 0. The third-order valence-electron chi connectivity index (χ3n) is 2.89. The van der Waals surface area contributed by atoms with Gasteiger partial charge in [-0.3, -0.25) is 0 Å². The van der Waals surface area contributed by atoms with Gasteiger partial charge in [0.05, 0.1) is 10.0 Å². The van der Waals surface area contributed by atoms with Gasteiger partial charge in [0.15, 0.2) is 5.82 Å². The van der Waals surface area contributed by atoms with E-state index in [0.29, 0.717) is 29.6 Å². The molecule has 0 saturated heterocycles. The Morgan fingerprint density at radius 3 is 2.29 bits per heavy atom. The maximum absolute atomic E-state index is 13.4. The Labute approximate surface area is 131 Å². The summed E-state index contributed by atoms with van der Waals surface area (Å²) in [5.74, 6) is 6.48. The Morgan fingerprint density at radius 1 is 1.19 bits per heavy atom. The summed E-state index contributed by atoms with van der Waals surface area (Å²) in [4.78, 5) is 8.64. The number of hydrazine groups is 1. The van der Waals surface area contributed by atoms with Crippen LogP contribution in [0.4, 0.5) is 21.7 Å². The molecule has 0 spiro atoms. The first kappa shape index (κ1) is 15.8. The molecule has 5 nitrogen and oxygen atoms in total. The molecule has 0 aliphatic heterocycles. The van der Waals surface area contributed by atoms with Crippen molar-refractivity contribution >= 4 is 40.5 Å². The van der Waals surface area contributed by atoms with Crippen molar-refractivity contribution in [2.75, 3.05) is 10.7 Å². The minimum Gasteiger partial charge on any atom is -0.340 e. The van der Waals surface area contributed by atoms with Crippen molar-refractivity contribution in [2.24, 2.45) is 5.84 Å². The van der Waals surface area contributed by atoms with Crippen LogP contribution in [0.15, 0.2) is 12.1 Å². The van der Waals surface area contributed by atoms with E-state index in [0.717, 1.165) is 5.56 Å². The second-order valence-corrected chi connectivity index (χ2v) is 5.15. The predicted molar refractivity (Wildman–Crippen MR) is 83.7 cm³/mol. The molecule has 8 heteroatoms. The van der Waals surface area contributed by atoms with E-state index in [1.807, 2.05) is 13.8 Å². The van der Waals surface area contributed by atoms with Gasteiger partial charge in [0.2, 0.25) is 0 Å². The molecule has 21 heavy (non-hydrogen) atoms. The van der Waals surface area contributed by atoms with Crippen LogP contribution in [0, 0.1) is 12.7 Å². The molecule has 2 aromatic rings. The average Bonchev–Trinajstić information content (AvgIpc) is 2.46. The summed E-state index contributed by atoms with van der Waals surface area (Å²) in [6.07, 6.45) is 0.647. The van der Waals surface area contributed by atoms with E-state index in [1.54, 1.807) is 0 Å². The fourth-order valence-corrected chi connectivity index (χ4v) is 2.23. The first-order valence-electron chi connectivity index (χ1n) is 6.22. The van der Waals surface area contributed by atoms with E-state index in [-0.39, 0.29) is 10.0 Å². The van der Waals surface area contributed by atoms with Crippen LogP contribution < -0.4 is 16.6 Å². The van der Waals surface area contributed by atoms with Crippen molar-refractivity contribution < 1.29 is 4.39 Å². The third kappa shape index (κ3) is 3.34. The summed E-state index contributed by atoms with van der Waals surface area (Å²) in [5.41, 5.74) is 3.78. The van der Waals surface area contributed by atoms with Gasteiger partial charge < -0.3 is 10.7 Å². The lowest BCUT2D eigenvalue weighted by atomic mass is 10.2. The lowest BCUT2D eigenvalue weighted by Gasteiger charge is -2.14. The van der Waals surface area contributed by atoms with Gasteiger partial charge in [0.25, 0.3) is 0 Å². The van der Waals surface area contributed by atoms with Gasteiger partial charge >= 0.3 is 0 Å². The number of benzene rings is 1. The molecule has 0 atom stereocenters. The van der Waals surface area contributed by atoms with E-state index in [2.05, 4.69) is 20.7 Å². The first-order chi connectivity index (χ1) is 9.96. The molecular formula is C13H14Cl2FN5. The maximum atomic E-state index is 13.4. The standard InChI is InChI=1S/C13H14Cl2FN5/c1-3-10-19-12(6(2)13(20-10)21-17)18-7-4-8(14)11(16)9(15)5-7/h4-5H,3,17H2,1-2H3,(H2,18,19,20,21). The molecule has 0 radical (unpaired) electrons. The van der Waals surface area contributed by atoms with Gasteiger partial charge in [-0.05, 0) is 19.1 Å². The fourth-order valence-electron chi connectivity index (χ4n) is 1.75. The van der Waals surface area contributed by atoms with Crippen LogP contribution in [0.1, 0.15) is 18.3 Å². The topological polar surface area (TPSA) is 75.9 Å². The number of aromatic nitrogens is 2. The van der Waals surface area contributed by atoms with Gasteiger partial charge in [-0.25, -0.2) is 20.2 Å². The number of nitrogens with zero attached hydrogens (tertiary/aromatic N) is 2. The van der Waals surface area contributed by atoms with E-state index < -0.39 is 5.82 Å². The van der Waals surface area contributed by atoms with E-state index in [9.17, 15) is 4.39 Å². The van der Waals surface area contributed by atoms with Crippen LogP contribution in [-0.4, -0.2) is 9.97 Å². The number of nitrogens with one attached hydrogen (secondary N) is 2. The van der Waals surface area contributed by atoms with E-state index >= 15 is 0 Å². The summed E-state index contributed by atoms with van der Waals surface area (Å²) in [5, 5.41) is 2.92. The molecule has 0 bridgehead atoms. The number of nitrogen functional groups attached to an aromatic ring is 1. The number of nitrogens with two attached hydrogens (primary N) is 1. The van der Waals surface area contributed by atoms with Crippen LogP contribution in [0.5, 0.6) is 0 Å². The highest BCUT2D eigenvalue weighted by atomic mass is 35.5. The molecule has 0 aliphatic rings. The lowest BCUT2D eigenvalue weighted by molar-refractivity contribution is 0.629. The third-order valence-corrected chi connectivity index (χ3v) is 3.44. The SMILES string of the molecule is CCc1nc(NN)c(C)c(Nc2cc(Cl)c(F)c(Cl)c2)n1. The maximum Gasteiger partial charge on any atom is 0.160 e. The molecule has 112 valence electrons. The number of rotatable bonds is 4. The molecule has 1 heterocycles. The van der Waals surface area contributed by atoms with Crippen LogP contribution >= 0.6 is 23.2 Å². The van der Waals surface area contributed by atoms with Gasteiger partial charge in [-0.15, -0.1) is 0 Å². The van der Waals surface area contributed by atoms with Crippen molar-refractivity contribution in [3.05, 3.63) is 39.4 Å². The molecular weight excluding hydrogens is 316 g/mol. The zero-order valence-corrected chi connectivity index (χ0v) is 13.0.